The summed E-state index contributed by atoms with van der Waals surface area (Å²) in [7, 11) is 0. The van der Waals surface area contributed by atoms with Gasteiger partial charge >= 0.3 is 0 Å². The minimum Gasteiger partial charge on any atom is -0.332 e. The Morgan fingerprint density at radius 2 is 1.83 bits per heavy atom. The van der Waals surface area contributed by atoms with E-state index in [9.17, 15) is 4.39 Å². The van der Waals surface area contributed by atoms with Crippen LogP contribution in [0.5, 0.6) is 0 Å². The first-order valence-corrected chi connectivity index (χ1v) is 5.80. The molecule has 0 atom stereocenters. The zero-order valence-corrected chi connectivity index (χ0v) is 10.6. The van der Waals surface area contributed by atoms with E-state index in [0.29, 0.717) is 10.9 Å². The van der Waals surface area contributed by atoms with Crippen LogP contribution in [0, 0.1) is 12.7 Å². The second-order valence-corrected chi connectivity index (χ2v) is 4.22. The zero-order valence-electron chi connectivity index (χ0n) is 9.77. The van der Waals surface area contributed by atoms with Gasteiger partial charge in [-0.05, 0) is 55.0 Å². The quantitative estimate of drug-likeness (QED) is 0.813. The highest BCUT2D eigenvalue weighted by Gasteiger charge is 1.99. The first-order chi connectivity index (χ1) is 8.63. The summed E-state index contributed by atoms with van der Waals surface area (Å²) in [5.41, 5.74) is 1.80. The van der Waals surface area contributed by atoms with Gasteiger partial charge in [0.15, 0.2) is 5.11 Å². The predicted molar refractivity (Wildman–Crippen MR) is 75.2 cm³/mol. The summed E-state index contributed by atoms with van der Waals surface area (Å²) >= 11 is 5.13. The molecule has 0 amide bonds. The van der Waals surface area contributed by atoms with Gasteiger partial charge in [0.05, 0.1) is 0 Å². The van der Waals surface area contributed by atoms with E-state index in [4.69, 9.17) is 12.2 Å². The fourth-order valence-corrected chi connectivity index (χ4v) is 1.58. The topological polar surface area (TPSA) is 37.0 Å². The highest BCUT2D eigenvalue weighted by molar-refractivity contribution is 7.80. The molecule has 0 aliphatic heterocycles. The van der Waals surface area contributed by atoms with Crippen molar-refractivity contribution in [3.63, 3.8) is 0 Å². The van der Waals surface area contributed by atoms with Crippen LogP contribution in [-0.2, 0) is 0 Å². The molecule has 0 spiro atoms. The number of anilines is 2. The zero-order chi connectivity index (χ0) is 13.0. The molecule has 1 aromatic heterocycles. The number of rotatable bonds is 2. The normalized spacial score (nSPS) is 9.89. The molecule has 0 saturated carbocycles. The number of hydrogen-bond donors (Lipinski definition) is 2. The Hall–Kier alpha value is -2.01. The van der Waals surface area contributed by atoms with Crippen molar-refractivity contribution in [2.24, 2.45) is 0 Å². The van der Waals surface area contributed by atoms with Crippen molar-refractivity contribution in [2.45, 2.75) is 6.92 Å². The van der Waals surface area contributed by atoms with E-state index in [1.807, 2.05) is 19.1 Å². The highest BCUT2D eigenvalue weighted by Crippen LogP contribution is 2.09. The number of pyridine rings is 1. The molecular weight excluding hydrogens is 249 g/mol. The summed E-state index contributed by atoms with van der Waals surface area (Å²) in [6.45, 7) is 1.96. The van der Waals surface area contributed by atoms with Gasteiger partial charge < -0.3 is 10.6 Å². The molecule has 0 bridgehead atoms. The number of aryl methyl sites for hydroxylation is 1. The van der Waals surface area contributed by atoms with Crippen LogP contribution in [0.25, 0.3) is 0 Å². The first-order valence-electron chi connectivity index (χ1n) is 5.40. The number of aromatic nitrogens is 1. The largest absolute Gasteiger partial charge is 0.332 e. The smallest absolute Gasteiger partial charge is 0.176 e. The Bertz CT molecular complexity index is 488. The maximum absolute atomic E-state index is 12.7. The molecule has 0 aliphatic carbocycles. The maximum Gasteiger partial charge on any atom is 0.176 e. The fraction of sp³-hybridized carbons (Fsp3) is 0.0769. The lowest BCUT2D eigenvalue weighted by atomic mass is 10.3. The van der Waals surface area contributed by atoms with E-state index in [1.165, 1.54) is 12.1 Å². The molecule has 2 aromatic rings. The predicted octanol–water partition coefficient (Wildman–Crippen LogP) is 3.34. The van der Waals surface area contributed by atoms with Crippen molar-refractivity contribution in [1.82, 2.24) is 4.98 Å². The minimum absolute atomic E-state index is 0.278. The summed E-state index contributed by atoms with van der Waals surface area (Å²) in [5.74, 6) is 0.389. The maximum atomic E-state index is 12.7. The summed E-state index contributed by atoms with van der Waals surface area (Å²) < 4.78 is 12.7. The molecule has 0 unspecified atom stereocenters. The number of thiocarbonyl (C=S) groups is 1. The molecule has 0 radical (unpaired) electrons. The van der Waals surface area contributed by atoms with Gasteiger partial charge in [0, 0.05) is 11.9 Å². The van der Waals surface area contributed by atoms with Gasteiger partial charge in [-0.3, -0.25) is 0 Å². The van der Waals surface area contributed by atoms with Gasteiger partial charge in [0.25, 0.3) is 0 Å². The molecule has 2 N–H and O–H groups in total. The molecule has 5 heteroatoms. The summed E-state index contributed by atoms with van der Waals surface area (Å²) in [5, 5.41) is 6.31. The Kier molecular flexibility index (Phi) is 3.84. The van der Waals surface area contributed by atoms with Crippen LogP contribution < -0.4 is 10.6 Å². The van der Waals surface area contributed by atoms with Crippen LogP contribution in [0.15, 0.2) is 42.6 Å². The van der Waals surface area contributed by atoms with Gasteiger partial charge in [-0.25, -0.2) is 9.37 Å². The van der Waals surface area contributed by atoms with E-state index in [0.717, 1.165) is 11.3 Å². The molecule has 3 nitrogen and oxygen atoms in total. The SMILES string of the molecule is Cc1ccc(NC(=S)Nc2ccc(F)cc2)nc1. The van der Waals surface area contributed by atoms with E-state index >= 15 is 0 Å². The second-order valence-electron chi connectivity index (χ2n) is 3.81. The molecule has 2 rings (SSSR count). The Labute approximate surface area is 110 Å². The van der Waals surface area contributed by atoms with E-state index < -0.39 is 0 Å². The fourth-order valence-electron chi connectivity index (χ4n) is 1.35. The van der Waals surface area contributed by atoms with Crippen LogP contribution in [0.2, 0.25) is 0 Å². The van der Waals surface area contributed by atoms with Gasteiger partial charge in [-0.1, -0.05) is 6.07 Å². The lowest BCUT2D eigenvalue weighted by Gasteiger charge is -2.09. The Balaban J connectivity index is 1.96. The molecule has 0 aliphatic rings. The number of benzene rings is 1. The van der Waals surface area contributed by atoms with Crippen molar-refractivity contribution in [2.75, 3.05) is 10.6 Å². The molecule has 0 fully saturated rings. The third-order valence-electron chi connectivity index (χ3n) is 2.26. The van der Waals surface area contributed by atoms with Crippen molar-refractivity contribution < 1.29 is 4.39 Å². The van der Waals surface area contributed by atoms with Crippen LogP contribution in [0.3, 0.4) is 0 Å². The first kappa shape index (κ1) is 12.4. The summed E-state index contributed by atoms with van der Waals surface area (Å²) in [6.07, 6.45) is 1.75. The highest BCUT2D eigenvalue weighted by atomic mass is 32.1. The van der Waals surface area contributed by atoms with E-state index in [-0.39, 0.29) is 5.82 Å². The molecule has 18 heavy (non-hydrogen) atoms. The van der Waals surface area contributed by atoms with Crippen molar-refractivity contribution in [3.8, 4) is 0 Å². The Morgan fingerprint density at radius 3 is 2.44 bits per heavy atom. The number of nitrogens with zero attached hydrogens (tertiary/aromatic N) is 1. The van der Waals surface area contributed by atoms with Gasteiger partial charge in [0.1, 0.15) is 11.6 Å². The summed E-state index contributed by atoms with van der Waals surface area (Å²) in [4.78, 5) is 4.18. The third kappa shape index (κ3) is 3.49. The molecule has 0 saturated heterocycles. The third-order valence-corrected chi connectivity index (χ3v) is 2.46. The standard InChI is InChI=1S/C13H12FN3S/c1-9-2-7-12(15-8-9)17-13(18)16-11-5-3-10(14)4-6-11/h2-8H,1H3,(H2,15,16,17,18). The van der Waals surface area contributed by atoms with Crippen LogP contribution in [0.4, 0.5) is 15.9 Å². The molecule has 1 aromatic carbocycles. The van der Waals surface area contributed by atoms with E-state index in [1.54, 1.807) is 18.3 Å². The summed E-state index contributed by atoms with van der Waals surface area (Å²) in [6, 6.07) is 9.76. The molecule has 92 valence electrons. The Morgan fingerprint density at radius 1 is 1.11 bits per heavy atom. The van der Waals surface area contributed by atoms with Crippen LogP contribution >= 0.6 is 12.2 Å². The average molecular weight is 261 g/mol. The van der Waals surface area contributed by atoms with Crippen LogP contribution in [-0.4, -0.2) is 10.1 Å². The van der Waals surface area contributed by atoms with Crippen LogP contribution in [0.1, 0.15) is 5.56 Å². The van der Waals surface area contributed by atoms with Crippen molar-refractivity contribution in [1.29, 1.82) is 0 Å². The number of nitrogens with one attached hydrogen (secondary N) is 2. The minimum atomic E-state index is -0.278. The van der Waals surface area contributed by atoms with Gasteiger partial charge in [-0.2, -0.15) is 0 Å². The molecule has 1 heterocycles. The second kappa shape index (κ2) is 5.55. The van der Waals surface area contributed by atoms with Crippen molar-refractivity contribution in [3.05, 3.63) is 54.0 Å². The van der Waals surface area contributed by atoms with Gasteiger partial charge in [0.2, 0.25) is 0 Å². The monoisotopic (exact) mass is 261 g/mol. The van der Waals surface area contributed by atoms with E-state index in [2.05, 4.69) is 15.6 Å². The van der Waals surface area contributed by atoms with Gasteiger partial charge in [-0.15, -0.1) is 0 Å². The lowest BCUT2D eigenvalue weighted by molar-refractivity contribution is 0.628. The average Bonchev–Trinajstić information content (AvgIpc) is 2.35. The number of halogens is 1. The van der Waals surface area contributed by atoms with Crippen molar-refractivity contribution >= 4 is 28.8 Å². The molecular formula is C13H12FN3S. The number of hydrogen-bond acceptors (Lipinski definition) is 2. The lowest BCUT2D eigenvalue weighted by Crippen LogP contribution is -2.19.